The lowest BCUT2D eigenvalue weighted by atomic mass is 10.0. The van der Waals surface area contributed by atoms with Crippen LogP contribution in [-0.2, 0) is 4.79 Å². The molecule has 1 atom stereocenters. The van der Waals surface area contributed by atoms with Crippen molar-refractivity contribution in [1.29, 1.82) is 0 Å². The van der Waals surface area contributed by atoms with E-state index in [1.807, 2.05) is 13.8 Å². The highest BCUT2D eigenvalue weighted by molar-refractivity contribution is 5.76. The van der Waals surface area contributed by atoms with Crippen molar-refractivity contribution in [3.8, 4) is 0 Å². The van der Waals surface area contributed by atoms with Crippen LogP contribution >= 0.6 is 0 Å². The van der Waals surface area contributed by atoms with Gasteiger partial charge in [0.15, 0.2) is 0 Å². The molecule has 0 radical (unpaired) electrons. The number of hydrogen-bond acceptors (Lipinski definition) is 3. The Kier molecular flexibility index (Phi) is 5.22. The van der Waals surface area contributed by atoms with Gasteiger partial charge in [-0.1, -0.05) is 6.92 Å². The summed E-state index contributed by atoms with van der Waals surface area (Å²) in [6.07, 6.45) is 4.44. The Morgan fingerprint density at radius 3 is 2.75 bits per heavy atom. The maximum Gasteiger partial charge on any atom is 0.220 e. The second-order valence-electron chi connectivity index (χ2n) is 4.97. The van der Waals surface area contributed by atoms with Crippen LogP contribution in [0.15, 0.2) is 0 Å². The maximum atomic E-state index is 11.3. The quantitative estimate of drug-likeness (QED) is 0.538. The Bertz CT molecular complexity index is 225. The van der Waals surface area contributed by atoms with Gasteiger partial charge < -0.3 is 15.7 Å². The van der Waals surface area contributed by atoms with Crippen molar-refractivity contribution in [3.05, 3.63) is 0 Å². The van der Waals surface area contributed by atoms with Crippen LogP contribution in [0.25, 0.3) is 0 Å². The predicted molar refractivity (Wildman–Crippen MR) is 64.2 cm³/mol. The molecule has 1 amide bonds. The largest absolute Gasteiger partial charge is 0.389 e. The normalized spacial score (nSPS) is 19.2. The van der Waals surface area contributed by atoms with Crippen LogP contribution in [0.3, 0.4) is 0 Å². The third kappa shape index (κ3) is 6.08. The number of rotatable bonds is 8. The standard InChI is InChI=1S/C12H24N2O2/c1-3-12(2,16)9-13-8-4-5-11(15)14-10-6-7-10/h10,13,16H,3-9H2,1-2H3,(H,14,15). The fourth-order valence-electron chi connectivity index (χ4n) is 1.38. The van der Waals surface area contributed by atoms with Crippen molar-refractivity contribution < 1.29 is 9.90 Å². The molecule has 0 saturated heterocycles. The molecule has 3 N–H and O–H groups in total. The Morgan fingerprint density at radius 1 is 1.50 bits per heavy atom. The lowest BCUT2D eigenvalue weighted by molar-refractivity contribution is -0.121. The number of carbonyl (C=O) groups is 1. The van der Waals surface area contributed by atoms with E-state index in [1.54, 1.807) is 0 Å². The van der Waals surface area contributed by atoms with Crippen LogP contribution in [0.4, 0.5) is 0 Å². The number of amides is 1. The summed E-state index contributed by atoms with van der Waals surface area (Å²) < 4.78 is 0. The van der Waals surface area contributed by atoms with E-state index in [-0.39, 0.29) is 5.91 Å². The zero-order valence-electron chi connectivity index (χ0n) is 10.4. The van der Waals surface area contributed by atoms with Crippen molar-refractivity contribution in [1.82, 2.24) is 10.6 Å². The van der Waals surface area contributed by atoms with Gasteiger partial charge in [-0.25, -0.2) is 0 Å². The molecular formula is C12H24N2O2. The molecule has 0 aliphatic heterocycles. The molecule has 0 aromatic rings. The minimum Gasteiger partial charge on any atom is -0.389 e. The topological polar surface area (TPSA) is 61.4 Å². The van der Waals surface area contributed by atoms with Crippen molar-refractivity contribution >= 4 is 5.91 Å². The molecule has 94 valence electrons. The Hall–Kier alpha value is -0.610. The third-order valence-corrected chi connectivity index (χ3v) is 2.97. The van der Waals surface area contributed by atoms with Gasteiger partial charge in [0.2, 0.25) is 5.91 Å². The lowest BCUT2D eigenvalue weighted by Gasteiger charge is -2.21. The molecule has 1 saturated carbocycles. The molecule has 0 bridgehead atoms. The van der Waals surface area contributed by atoms with E-state index >= 15 is 0 Å². The van der Waals surface area contributed by atoms with E-state index in [0.29, 0.717) is 19.0 Å². The maximum absolute atomic E-state index is 11.3. The van der Waals surface area contributed by atoms with E-state index in [1.165, 1.54) is 0 Å². The minimum absolute atomic E-state index is 0.159. The molecule has 1 aliphatic rings. The highest BCUT2D eigenvalue weighted by Crippen LogP contribution is 2.18. The van der Waals surface area contributed by atoms with Crippen molar-refractivity contribution in [2.45, 2.75) is 57.6 Å². The average molecular weight is 228 g/mol. The molecule has 4 heteroatoms. The van der Waals surface area contributed by atoms with Gasteiger partial charge in [0.1, 0.15) is 0 Å². The first-order valence-corrected chi connectivity index (χ1v) is 6.26. The molecule has 1 unspecified atom stereocenters. The minimum atomic E-state index is -0.629. The number of aliphatic hydroxyl groups is 1. The van der Waals surface area contributed by atoms with E-state index in [9.17, 15) is 9.90 Å². The first-order chi connectivity index (χ1) is 7.53. The zero-order chi connectivity index (χ0) is 12.0. The van der Waals surface area contributed by atoms with Gasteiger partial charge >= 0.3 is 0 Å². The second-order valence-corrected chi connectivity index (χ2v) is 4.97. The van der Waals surface area contributed by atoms with Crippen LogP contribution in [0.2, 0.25) is 0 Å². The smallest absolute Gasteiger partial charge is 0.220 e. The van der Waals surface area contributed by atoms with Gasteiger partial charge in [-0.3, -0.25) is 4.79 Å². The average Bonchev–Trinajstić information content (AvgIpc) is 3.01. The number of hydrogen-bond donors (Lipinski definition) is 3. The van der Waals surface area contributed by atoms with E-state index < -0.39 is 5.60 Å². The number of carbonyl (C=O) groups excluding carboxylic acids is 1. The van der Waals surface area contributed by atoms with E-state index in [4.69, 9.17) is 0 Å². The van der Waals surface area contributed by atoms with Crippen LogP contribution in [0.5, 0.6) is 0 Å². The van der Waals surface area contributed by atoms with Crippen LogP contribution < -0.4 is 10.6 Å². The summed E-state index contributed by atoms with van der Waals surface area (Å²) in [4.78, 5) is 11.3. The van der Waals surface area contributed by atoms with E-state index in [2.05, 4.69) is 10.6 Å². The highest BCUT2D eigenvalue weighted by atomic mass is 16.3. The summed E-state index contributed by atoms with van der Waals surface area (Å²) >= 11 is 0. The molecule has 1 rings (SSSR count). The van der Waals surface area contributed by atoms with Gasteiger partial charge in [0.05, 0.1) is 5.60 Å². The molecule has 0 aromatic carbocycles. The fourth-order valence-corrected chi connectivity index (χ4v) is 1.38. The molecule has 0 heterocycles. The van der Waals surface area contributed by atoms with Crippen molar-refractivity contribution in [3.63, 3.8) is 0 Å². The summed E-state index contributed by atoms with van der Waals surface area (Å²) in [6.45, 7) is 5.16. The summed E-state index contributed by atoms with van der Waals surface area (Å²) in [7, 11) is 0. The van der Waals surface area contributed by atoms with Gasteiger partial charge in [0.25, 0.3) is 0 Å². The number of nitrogens with one attached hydrogen (secondary N) is 2. The molecular weight excluding hydrogens is 204 g/mol. The van der Waals surface area contributed by atoms with Crippen LogP contribution in [0.1, 0.15) is 46.0 Å². The molecule has 0 aromatic heterocycles. The van der Waals surface area contributed by atoms with Gasteiger partial charge in [-0.15, -0.1) is 0 Å². The van der Waals surface area contributed by atoms with Crippen molar-refractivity contribution in [2.24, 2.45) is 0 Å². The molecule has 1 aliphatic carbocycles. The van der Waals surface area contributed by atoms with Gasteiger partial charge in [0, 0.05) is 19.0 Å². The predicted octanol–water partition coefficient (Wildman–Crippen LogP) is 0.796. The van der Waals surface area contributed by atoms with Crippen molar-refractivity contribution in [2.75, 3.05) is 13.1 Å². The Labute approximate surface area is 97.8 Å². The fraction of sp³-hybridized carbons (Fsp3) is 0.917. The third-order valence-electron chi connectivity index (χ3n) is 2.97. The van der Waals surface area contributed by atoms with E-state index in [0.717, 1.165) is 32.2 Å². The highest BCUT2D eigenvalue weighted by Gasteiger charge is 2.22. The van der Waals surface area contributed by atoms with Crippen LogP contribution in [-0.4, -0.2) is 35.7 Å². The molecule has 1 fully saturated rings. The van der Waals surface area contributed by atoms with Gasteiger partial charge in [-0.05, 0) is 39.2 Å². The Morgan fingerprint density at radius 2 is 2.19 bits per heavy atom. The monoisotopic (exact) mass is 228 g/mol. The Balaban J connectivity index is 1.92. The molecule has 0 spiro atoms. The summed E-state index contributed by atoms with van der Waals surface area (Å²) in [5.74, 6) is 0.159. The lowest BCUT2D eigenvalue weighted by Crippen LogP contribution is -2.37. The second kappa shape index (κ2) is 6.21. The summed E-state index contributed by atoms with van der Waals surface area (Å²) in [5.41, 5.74) is -0.629. The first kappa shape index (κ1) is 13.5. The summed E-state index contributed by atoms with van der Waals surface area (Å²) in [6, 6.07) is 0.460. The first-order valence-electron chi connectivity index (χ1n) is 6.26. The van der Waals surface area contributed by atoms with Gasteiger partial charge in [-0.2, -0.15) is 0 Å². The molecule has 4 nitrogen and oxygen atoms in total. The molecule has 16 heavy (non-hydrogen) atoms. The SMILES string of the molecule is CCC(C)(O)CNCCCC(=O)NC1CC1. The summed E-state index contributed by atoms with van der Waals surface area (Å²) in [5, 5.41) is 15.8. The zero-order valence-corrected chi connectivity index (χ0v) is 10.4. The van der Waals surface area contributed by atoms with Crippen LogP contribution in [0, 0.1) is 0 Å².